The van der Waals surface area contributed by atoms with Crippen molar-refractivity contribution in [1.29, 1.82) is 0 Å². The molecule has 0 saturated heterocycles. The first-order valence-electron chi connectivity index (χ1n) is 6.25. The third-order valence-corrected chi connectivity index (χ3v) is 2.87. The minimum atomic E-state index is -0.174. The number of hydrogen-bond acceptors (Lipinski definition) is 2. The summed E-state index contributed by atoms with van der Waals surface area (Å²) in [6, 6.07) is 0. The van der Waals surface area contributed by atoms with Crippen molar-refractivity contribution >= 4 is 23.6 Å². The second-order valence-electron chi connectivity index (χ2n) is 4.73. The van der Waals surface area contributed by atoms with Crippen LogP contribution in [0.1, 0.15) is 25.1 Å². The van der Waals surface area contributed by atoms with E-state index in [0.717, 1.165) is 17.8 Å². The molecule has 5 heteroatoms. The Bertz CT molecular complexity index is 489. The van der Waals surface area contributed by atoms with Crippen LogP contribution in [0.4, 0.5) is 0 Å². The van der Waals surface area contributed by atoms with Gasteiger partial charge in [-0.25, -0.2) is 0 Å². The van der Waals surface area contributed by atoms with Gasteiger partial charge in [0.1, 0.15) is 5.15 Å². The van der Waals surface area contributed by atoms with Crippen molar-refractivity contribution in [2.45, 2.75) is 27.3 Å². The minimum Gasteiger partial charge on any atom is -0.349 e. The molecule has 0 fully saturated rings. The molecule has 19 heavy (non-hydrogen) atoms. The van der Waals surface area contributed by atoms with Gasteiger partial charge < -0.3 is 5.32 Å². The molecule has 0 aliphatic heterocycles. The van der Waals surface area contributed by atoms with E-state index in [1.807, 2.05) is 6.92 Å². The van der Waals surface area contributed by atoms with Gasteiger partial charge in [0.2, 0.25) is 5.91 Å². The van der Waals surface area contributed by atoms with Crippen molar-refractivity contribution in [3.05, 3.63) is 35.1 Å². The average molecular weight is 282 g/mol. The van der Waals surface area contributed by atoms with Crippen LogP contribution in [-0.2, 0) is 11.3 Å². The van der Waals surface area contributed by atoms with Gasteiger partial charge in [-0.1, -0.05) is 31.5 Å². The Morgan fingerprint density at radius 1 is 1.58 bits per heavy atom. The Hall–Kier alpha value is -1.55. The first kappa shape index (κ1) is 15.5. The predicted molar refractivity (Wildman–Crippen MR) is 79.1 cm³/mol. The maximum Gasteiger partial charge on any atom is 0.244 e. The van der Waals surface area contributed by atoms with Crippen LogP contribution in [0.3, 0.4) is 0 Å². The number of nitrogens with zero attached hydrogens (tertiary/aromatic N) is 2. The van der Waals surface area contributed by atoms with Gasteiger partial charge in [0.25, 0.3) is 0 Å². The first-order chi connectivity index (χ1) is 8.95. The van der Waals surface area contributed by atoms with E-state index in [9.17, 15) is 4.79 Å². The van der Waals surface area contributed by atoms with Crippen molar-refractivity contribution in [3.63, 3.8) is 0 Å². The Kier molecular flexibility index (Phi) is 5.83. The van der Waals surface area contributed by atoms with Crippen LogP contribution in [0.2, 0.25) is 5.15 Å². The fourth-order valence-electron chi connectivity index (χ4n) is 1.61. The van der Waals surface area contributed by atoms with E-state index in [4.69, 9.17) is 11.6 Å². The molecule has 0 aliphatic carbocycles. The Labute approximate surface area is 119 Å². The summed E-state index contributed by atoms with van der Waals surface area (Å²) in [5, 5.41) is 7.61. The van der Waals surface area contributed by atoms with E-state index >= 15 is 0 Å². The van der Waals surface area contributed by atoms with E-state index in [-0.39, 0.29) is 5.91 Å². The largest absolute Gasteiger partial charge is 0.349 e. The van der Waals surface area contributed by atoms with E-state index in [0.29, 0.717) is 17.6 Å². The lowest BCUT2D eigenvalue weighted by atomic mass is 10.2. The lowest BCUT2D eigenvalue weighted by Crippen LogP contribution is -2.20. The number of rotatable bonds is 6. The third-order valence-electron chi connectivity index (χ3n) is 2.47. The van der Waals surface area contributed by atoms with Gasteiger partial charge in [-0.15, -0.1) is 6.58 Å². The molecule has 1 aromatic rings. The zero-order valence-corrected chi connectivity index (χ0v) is 12.4. The van der Waals surface area contributed by atoms with Crippen LogP contribution < -0.4 is 5.32 Å². The second-order valence-corrected chi connectivity index (χ2v) is 5.09. The summed E-state index contributed by atoms with van der Waals surface area (Å²) in [6.45, 7) is 10.8. The fourth-order valence-corrected chi connectivity index (χ4v) is 1.92. The summed E-state index contributed by atoms with van der Waals surface area (Å²) in [7, 11) is 0. The molecule has 0 saturated carbocycles. The number of carbonyl (C=O) groups excluding carboxylic acids is 1. The lowest BCUT2D eigenvalue weighted by molar-refractivity contribution is -0.116. The standard InChI is InChI=1S/C14H20ClN3O/c1-5-8-16-13(19)7-6-12-11(4)17-18(14(12)15)9-10(2)3/h5-7,10H,1,8-9H2,2-4H3,(H,16,19)/b7-6+. The van der Waals surface area contributed by atoms with Gasteiger partial charge in [0, 0.05) is 24.7 Å². The quantitative estimate of drug-likeness (QED) is 0.644. The van der Waals surface area contributed by atoms with Crippen molar-refractivity contribution < 1.29 is 4.79 Å². The second kappa shape index (κ2) is 7.14. The number of hydrogen-bond donors (Lipinski definition) is 1. The van der Waals surface area contributed by atoms with Crippen LogP contribution in [0.5, 0.6) is 0 Å². The van der Waals surface area contributed by atoms with E-state index in [1.165, 1.54) is 6.08 Å². The molecule has 0 bridgehead atoms. The predicted octanol–water partition coefficient (Wildman–Crippen LogP) is 2.82. The van der Waals surface area contributed by atoms with Crippen molar-refractivity contribution in [2.24, 2.45) is 5.92 Å². The smallest absolute Gasteiger partial charge is 0.244 e. The monoisotopic (exact) mass is 281 g/mol. The molecule has 1 heterocycles. The van der Waals surface area contributed by atoms with Gasteiger partial charge in [-0.2, -0.15) is 5.10 Å². The highest BCUT2D eigenvalue weighted by molar-refractivity contribution is 6.31. The number of halogens is 1. The topological polar surface area (TPSA) is 46.9 Å². The van der Waals surface area contributed by atoms with Gasteiger partial charge in [0.05, 0.1) is 5.69 Å². The summed E-state index contributed by atoms with van der Waals surface area (Å²) < 4.78 is 1.77. The molecule has 0 radical (unpaired) electrons. The number of amides is 1. The Morgan fingerprint density at radius 2 is 2.26 bits per heavy atom. The molecule has 104 valence electrons. The summed E-state index contributed by atoms with van der Waals surface area (Å²) in [5.74, 6) is 0.288. The highest BCUT2D eigenvalue weighted by Crippen LogP contribution is 2.22. The summed E-state index contributed by atoms with van der Waals surface area (Å²) in [6.07, 6.45) is 4.78. The number of nitrogens with one attached hydrogen (secondary N) is 1. The molecule has 1 rings (SSSR count). The van der Waals surface area contributed by atoms with Gasteiger partial charge >= 0.3 is 0 Å². The van der Waals surface area contributed by atoms with Crippen LogP contribution in [0.25, 0.3) is 6.08 Å². The summed E-state index contributed by atoms with van der Waals surface area (Å²) >= 11 is 6.26. The molecule has 1 amide bonds. The molecule has 1 aromatic heterocycles. The first-order valence-corrected chi connectivity index (χ1v) is 6.63. The van der Waals surface area contributed by atoms with Crippen molar-refractivity contribution in [3.8, 4) is 0 Å². The van der Waals surface area contributed by atoms with E-state index in [1.54, 1.807) is 16.8 Å². The van der Waals surface area contributed by atoms with Gasteiger partial charge in [-0.3, -0.25) is 9.48 Å². The molecule has 0 spiro atoms. The highest BCUT2D eigenvalue weighted by Gasteiger charge is 2.12. The molecule has 0 aromatic carbocycles. The van der Waals surface area contributed by atoms with Crippen molar-refractivity contribution in [1.82, 2.24) is 15.1 Å². The molecule has 0 unspecified atom stereocenters. The van der Waals surface area contributed by atoms with Crippen molar-refractivity contribution in [2.75, 3.05) is 6.54 Å². The van der Waals surface area contributed by atoms with E-state index in [2.05, 4.69) is 30.8 Å². The fraction of sp³-hybridized carbons (Fsp3) is 0.429. The third kappa shape index (κ3) is 4.56. The summed E-state index contributed by atoms with van der Waals surface area (Å²) in [4.78, 5) is 11.5. The normalized spacial score (nSPS) is 11.2. The highest BCUT2D eigenvalue weighted by atomic mass is 35.5. The maximum atomic E-state index is 11.5. The lowest BCUT2D eigenvalue weighted by Gasteiger charge is -2.05. The maximum absolute atomic E-state index is 11.5. The van der Waals surface area contributed by atoms with Crippen LogP contribution >= 0.6 is 11.6 Å². The van der Waals surface area contributed by atoms with Crippen LogP contribution in [0.15, 0.2) is 18.7 Å². The molecule has 0 aliphatic rings. The van der Waals surface area contributed by atoms with Crippen LogP contribution in [0, 0.1) is 12.8 Å². The molecule has 0 atom stereocenters. The Balaban J connectivity index is 2.83. The number of carbonyl (C=O) groups is 1. The van der Waals surface area contributed by atoms with E-state index < -0.39 is 0 Å². The Morgan fingerprint density at radius 3 is 2.84 bits per heavy atom. The SMILES string of the molecule is C=CCNC(=O)/C=C/c1c(C)nn(CC(C)C)c1Cl. The van der Waals surface area contributed by atoms with Gasteiger partial charge in [-0.05, 0) is 18.9 Å². The summed E-state index contributed by atoms with van der Waals surface area (Å²) in [5.41, 5.74) is 1.61. The molecule has 1 N–H and O–H groups in total. The van der Waals surface area contributed by atoms with Gasteiger partial charge in [0.15, 0.2) is 0 Å². The zero-order valence-electron chi connectivity index (χ0n) is 11.6. The molecule has 4 nitrogen and oxygen atoms in total. The molecular formula is C14H20ClN3O. The minimum absolute atomic E-state index is 0.174. The number of aromatic nitrogens is 2. The average Bonchev–Trinajstić information content (AvgIpc) is 2.59. The molecular weight excluding hydrogens is 262 g/mol. The zero-order chi connectivity index (χ0) is 14.4. The van der Waals surface area contributed by atoms with Crippen LogP contribution in [-0.4, -0.2) is 22.2 Å². The number of aryl methyl sites for hydroxylation is 1.